The second-order valence-electron chi connectivity index (χ2n) is 8.20. The number of rotatable bonds is 9. The maximum absolute atomic E-state index is 12.6. The summed E-state index contributed by atoms with van der Waals surface area (Å²) in [6.45, 7) is 12.2. The summed E-state index contributed by atoms with van der Waals surface area (Å²) in [5.74, 6) is 1.30. The van der Waals surface area contributed by atoms with Gasteiger partial charge in [0.25, 0.3) is 0 Å². The molecule has 1 aliphatic rings. The Morgan fingerprint density at radius 1 is 1.30 bits per heavy atom. The van der Waals surface area contributed by atoms with Crippen molar-refractivity contribution in [1.29, 1.82) is 0 Å². The van der Waals surface area contributed by atoms with Gasteiger partial charge in [-0.1, -0.05) is 39.8 Å². The number of halogens is 1. The van der Waals surface area contributed by atoms with Crippen molar-refractivity contribution in [2.45, 2.75) is 59.1 Å². The van der Waals surface area contributed by atoms with Crippen molar-refractivity contribution in [2.75, 3.05) is 19.8 Å². The van der Waals surface area contributed by atoms with Crippen LogP contribution < -0.4 is 15.8 Å². The van der Waals surface area contributed by atoms with Crippen LogP contribution in [-0.4, -0.2) is 37.3 Å². The molecule has 2 unspecified atom stereocenters. The first-order valence-electron chi connectivity index (χ1n) is 9.61. The molecular formula is C21H35ClN2O3. The number of nitrogens with one attached hydrogen (secondary N) is 1. The highest BCUT2D eigenvalue weighted by Crippen LogP contribution is 2.49. The summed E-state index contributed by atoms with van der Waals surface area (Å²) >= 11 is 0. The van der Waals surface area contributed by atoms with E-state index in [-0.39, 0.29) is 29.8 Å². The van der Waals surface area contributed by atoms with Crippen molar-refractivity contribution in [2.24, 2.45) is 17.1 Å². The van der Waals surface area contributed by atoms with E-state index in [0.29, 0.717) is 32.1 Å². The number of benzene rings is 1. The van der Waals surface area contributed by atoms with Crippen LogP contribution in [-0.2, 0) is 16.0 Å². The van der Waals surface area contributed by atoms with Gasteiger partial charge in [-0.3, -0.25) is 4.79 Å². The van der Waals surface area contributed by atoms with Crippen molar-refractivity contribution < 1.29 is 14.3 Å². The van der Waals surface area contributed by atoms with Gasteiger partial charge in [0.05, 0.1) is 12.7 Å². The van der Waals surface area contributed by atoms with Crippen molar-refractivity contribution >= 4 is 18.3 Å². The predicted molar refractivity (Wildman–Crippen MR) is 111 cm³/mol. The highest BCUT2D eigenvalue weighted by atomic mass is 35.5. The Morgan fingerprint density at radius 3 is 2.44 bits per heavy atom. The third kappa shape index (κ3) is 5.37. The standard InChI is InChI=1S/C21H34N2O3.ClH/c1-6-25-18-13-21(22,20(18,4)5)19(24)23-12-11-16-7-9-17(10-8-16)26-14-15(2)3;/h7-10,15,18H,6,11-14,22H2,1-5H3,(H,23,24);1H. The fourth-order valence-corrected chi connectivity index (χ4v) is 3.31. The molecule has 5 nitrogen and oxygen atoms in total. The Morgan fingerprint density at radius 2 is 1.93 bits per heavy atom. The summed E-state index contributed by atoms with van der Waals surface area (Å²) in [5.41, 5.74) is 6.34. The van der Waals surface area contributed by atoms with Gasteiger partial charge in [-0.25, -0.2) is 0 Å². The van der Waals surface area contributed by atoms with Gasteiger partial charge in [-0.2, -0.15) is 0 Å². The average molecular weight is 399 g/mol. The topological polar surface area (TPSA) is 73.6 Å². The van der Waals surface area contributed by atoms with E-state index in [2.05, 4.69) is 19.2 Å². The molecule has 0 bridgehead atoms. The predicted octanol–water partition coefficient (Wildman–Crippen LogP) is 3.33. The molecule has 1 aromatic carbocycles. The number of hydrogen-bond acceptors (Lipinski definition) is 4. The fourth-order valence-electron chi connectivity index (χ4n) is 3.31. The minimum atomic E-state index is -0.860. The Kier molecular flexibility index (Phi) is 8.58. The molecule has 1 amide bonds. The lowest BCUT2D eigenvalue weighted by Crippen LogP contribution is -2.75. The van der Waals surface area contributed by atoms with Crippen LogP contribution in [0.2, 0.25) is 0 Å². The third-order valence-corrected chi connectivity index (χ3v) is 5.44. The molecule has 0 aromatic heterocycles. The van der Waals surface area contributed by atoms with Crippen LogP contribution in [0, 0.1) is 11.3 Å². The SMILES string of the molecule is CCOC1CC(N)(C(=O)NCCc2ccc(OCC(C)C)cc2)C1(C)C.Cl. The van der Waals surface area contributed by atoms with Crippen LogP contribution in [0.1, 0.15) is 46.6 Å². The number of amides is 1. The molecule has 1 saturated carbocycles. The summed E-state index contributed by atoms with van der Waals surface area (Å²) < 4.78 is 11.4. The average Bonchev–Trinajstić information content (AvgIpc) is 2.60. The summed E-state index contributed by atoms with van der Waals surface area (Å²) in [4.78, 5) is 12.6. The molecule has 1 aromatic rings. The van der Waals surface area contributed by atoms with Crippen molar-refractivity contribution in [3.05, 3.63) is 29.8 Å². The fraction of sp³-hybridized carbons (Fsp3) is 0.667. The summed E-state index contributed by atoms with van der Waals surface area (Å²) in [5, 5.41) is 3.00. The van der Waals surface area contributed by atoms with Gasteiger partial charge in [0.2, 0.25) is 5.91 Å². The van der Waals surface area contributed by atoms with E-state index in [4.69, 9.17) is 15.2 Å². The first-order valence-corrected chi connectivity index (χ1v) is 9.61. The normalized spacial score (nSPS) is 23.3. The first-order chi connectivity index (χ1) is 12.2. The smallest absolute Gasteiger partial charge is 0.240 e. The van der Waals surface area contributed by atoms with E-state index in [1.807, 2.05) is 45.0 Å². The molecule has 6 heteroatoms. The zero-order valence-corrected chi connectivity index (χ0v) is 18.0. The molecule has 2 rings (SSSR count). The molecular weight excluding hydrogens is 364 g/mol. The molecule has 0 heterocycles. The Labute approximate surface area is 169 Å². The molecule has 2 atom stereocenters. The summed E-state index contributed by atoms with van der Waals surface area (Å²) in [6.07, 6.45) is 1.38. The Hall–Kier alpha value is -1.30. The summed E-state index contributed by atoms with van der Waals surface area (Å²) in [6, 6.07) is 8.04. The molecule has 0 aliphatic heterocycles. The van der Waals surface area contributed by atoms with Gasteiger partial charge in [0, 0.05) is 25.0 Å². The largest absolute Gasteiger partial charge is 0.493 e. The van der Waals surface area contributed by atoms with E-state index in [0.717, 1.165) is 17.7 Å². The summed E-state index contributed by atoms with van der Waals surface area (Å²) in [7, 11) is 0. The molecule has 27 heavy (non-hydrogen) atoms. The van der Waals surface area contributed by atoms with Crippen molar-refractivity contribution in [3.8, 4) is 5.75 Å². The van der Waals surface area contributed by atoms with Crippen molar-refractivity contribution in [3.63, 3.8) is 0 Å². The molecule has 0 spiro atoms. The first kappa shape index (κ1) is 23.7. The lowest BCUT2D eigenvalue weighted by atomic mass is 9.54. The van der Waals surface area contributed by atoms with Gasteiger partial charge in [-0.15, -0.1) is 12.4 Å². The van der Waals surface area contributed by atoms with Crippen LogP contribution in [0.5, 0.6) is 5.75 Å². The zero-order chi connectivity index (χ0) is 19.4. The second kappa shape index (κ2) is 9.76. The highest BCUT2D eigenvalue weighted by Gasteiger charge is 2.62. The number of carbonyl (C=O) groups is 1. The van der Waals surface area contributed by atoms with E-state index >= 15 is 0 Å². The minimum Gasteiger partial charge on any atom is -0.493 e. The lowest BCUT2D eigenvalue weighted by molar-refractivity contribution is -0.170. The number of ether oxygens (including phenoxy) is 2. The van der Waals surface area contributed by atoms with Crippen LogP contribution in [0.25, 0.3) is 0 Å². The number of carbonyl (C=O) groups excluding carboxylic acids is 1. The zero-order valence-electron chi connectivity index (χ0n) is 17.2. The quantitative estimate of drug-likeness (QED) is 0.669. The van der Waals surface area contributed by atoms with E-state index < -0.39 is 5.54 Å². The molecule has 1 aliphatic carbocycles. The van der Waals surface area contributed by atoms with Crippen molar-refractivity contribution in [1.82, 2.24) is 5.32 Å². The van der Waals surface area contributed by atoms with Gasteiger partial charge in [0.15, 0.2) is 0 Å². The van der Waals surface area contributed by atoms with Crippen LogP contribution in [0.15, 0.2) is 24.3 Å². The molecule has 1 fully saturated rings. The van der Waals surface area contributed by atoms with Gasteiger partial charge >= 0.3 is 0 Å². The second-order valence-corrected chi connectivity index (χ2v) is 8.20. The molecule has 3 N–H and O–H groups in total. The molecule has 0 saturated heterocycles. The van der Waals surface area contributed by atoms with Gasteiger partial charge < -0.3 is 20.5 Å². The Bertz CT molecular complexity index is 604. The molecule has 0 radical (unpaired) electrons. The van der Waals surface area contributed by atoms with Gasteiger partial charge in [0.1, 0.15) is 11.3 Å². The van der Waals surface area contributed by atoms with E-state index in [9.17, 15) is 4.79 Å². The number of nitrogens with two attached hydrogens (primary N) is 1. The number of hydrogen-bond donors (Lipinski definition) is 2. The van der Waals surface area contributed by atoms with Crippen LogP contribution in [0.4, 0.5) is 0 Å². The van der Waals surface area contributed by atoms with Crippen LogP contribution >= 0.6 is 12.4 Å². The van der Waals surface area contributed by atoms with E-state index in [1.165, 1.54) is 0 Å². The Balaban J connectivity index is 0.00000364. The van der Waals surface area contributed by atoms with Crippen LogP contribution in [0.3, 0.4) is 0 Å². The highest BCUT2D eigenvalue weighted by molar-refractivity contribution is 5.88. The molecule has 154 valence electrons. The van der Waals surface area contributed by atoms with E-state index in [1.54, 1.807) is 0 Å². The lowest BCUT2D eigenvalue weighted by Gasteiger charge is -2.57. The third-order valence-electron chi connectivity index (χ3n) is 5.44. The minimum absolute atomic E-state index is 0. The maximum Gasteiger partial charge on any atom is 0.240 e. The van der Waals surface area contributed by atoms with Gasteiger partial charge in [-0.05, 0) is 37.0 Å². The maximum atomic E-state index is 12.6. The monoisotopic (exact) mass is 398 g/mol.